The van der Waals surface area contributed by atoms with Crippen LogP contribution in [-0.4, -0.2) is 5.78 Å². The van der Waals surface area contributed by atoms with E-state index in [1.807, 2.05) is 45.0 Å². The molecule has 0 bridgehead atoms. The maximum absolute atomic E-state index is 12.8. The predicted octanol–water partition coefficient (Wildman–Crippen LogP) is 11.1. The smallest absolute Gasteiger partial charge is 0.168 e. The zero-order chi connectivity index (χ0) is 26.9. The summed E-state index contributed by atoms with van der Waals surface area (Å²) in [4.78, 5) is 12.8. The van der Waals surface area contributed by atoms with Crippen molar-refractivity contribution in [3.63, 3.8) is 0 Å². The van der Waals surface area contributed by atoms with Crippen molar-refractivity contribution in [2.24, 2.45) is 5.41 Å². The van der Waals surface area contributed by atoms with Gasteiger partial charge in [0.25, 0.3) is 0 Å². The standard InChI is InChI=1S/C35H28Br2O/c1-35(2,3)34(38)24-18-16-23(17-19-24)28-10-4-5-11-29(28)25-20-26(30-12-6-8-14-32(30)36)22-27(21-25)31-13-7-9-15-33(31)37/h4-22H,1-3H3. The zero-order valence-electron chi connectivity index (χ0n) is 21.6. The monoisotopic (exact) mass is 622 g/mol. The first-order valence-electron chi connectivity index (χ1n) is 12.6. The van der Waals surface area contributed by atoms with Crippen molar-refractivity contribution >= 4 is 37.6 Å². The summed E-state index contributed by atoms with van der Waals surface area (Å²) in [6.45, 7) is 5.87. The van der Waals surface area contributed by atoms with Gasteiger partial charge in [0.2, 0.25) is 0 Å². The minimum absolute atomic E-state index is 0.150. The Balaban J connectivity index is 1.68. The van der Waals surface area contributed by atoms with E-state index >= 15 is 0 Å². The fraction of sp³-hybridized carbons (Fsp3) is 0.114. The molecule has 0 saturated carbocycles. The first-order chi connectivity index (χ1) is 18.2. The lowest BCUT2D eigenvalue weighted by molar-refractivity contribution is 0.0858. The molecule has 0 heterocycles. The molecule has 5 rings (SSSR count). The average Bonchev–Trinajstić information content (AvgIpc) is 2.92. The molecule has 0 fully saturated rings. The fourth-order valence-electron chi connectivity index (χ4n) is 4.71. The van der Waals surface area contributed by atoms with Crippen molar-refractivity contribution in [1.82, 2.24) is 0 Å². The lowest BCUT2D eigenvalue weighted by Gasteiger charge is -2.17. The highest BCUT2D eigenvalue weighted by atomic mass is 79.9. The van der Waals surface area contributed by atoms with Gasteiger partial charge in [-0.2, -0.15) is 0 Å². The van der Waals surface area contributed by atoms with Crippen LogP contribution < -0.4 is 0 Å². The maximum Gasteiger partial charge on any atom is 0.168 e. The Kier molecular flexibility index (Phi) is 7.52. The largest absolute Gasteiger partial charge is 0.294 e. The van der Waals surface area contributed by atoms with Crippen LogP contribution in [0.1, 0.15) is 31.1 Å². The molecular formula is C35H28Br2O. The van der Waals surface area contributed by atoms with Crippen molar-refractivity contribution in [1.29, 1.82) is 0 Å². The van der Waals surface area contributed by atoms with E-state index in [4.69, 9.17) is 0 Å². The van der Waals surface area contributed by atoms with Gasteiger partial charge in [0, 0.05) is 19.9 Å². The van der Waals surface area contributed by atoms with Crippen molar-refractivity contribution in [3.05, 3.63) is 130 Å². The molecule has 0 saturated heterocycles. The molecular weight excluding hydrogens is 596 g/mol. The third-order valence-electron chi connectivity index (χ3n) is 6.68. The third-order valence-corrected chi connectivity index (χ3v) is 8.06. The second-order valence-electron chi connectivity index (χ2n) is 10.5. The molecule has 5 aromatic carbocycles. The Hall–Kier alpha value is -3.27. The van der Waals surface area contributed by atoms with E-state index in [1.165, 1.54) is 0 Å². The van der Waals surface area contributed by atoms with Crippen LogP contribution in [-0.2, 0) is 0 Å². The van der Waals surface area contributed by atoms with Gasteiger partial charge in [-0.15, -0.1) is 0 Å². The molecule has 0 aliphatic rings. The highest BCUT2D eigenvalue weighted by Gasteiger charge is 2.23. The molecule has 0 atom stereocenters. The van der Waals surface area contributed by atoms with Crippen LogP contribution in [0.4, 0.5) is 0 Å². The van der Waals surface area contributed by atoms with Gasteiger partial charge in [-0.05, 0) is 74.8 Å². The second kappa shape index (κ2) is 10.8. The molecule has 0 radical (unpaired) electrons. The Morgan fingerprint density at radius 1 is 0.500 bits per heavy atom. The SMILES string of the molecule is CC(C)(C)C(=O)c1ccc(-c2ccccc2-c2cc(-c3ccccc3Br)cc(-c3ccccc3Br)c2)cc1. The van der Waals surface area contributed by atoms with Crippen molar-refractivity contribution in [2.45, 2.75) is 20.8 Å². The number of hydrogen-bond donors (Lipinski definition) is 0. The summed E-state index contributed by atoms with van der Waals surface area (Å²) in [6, 6.07) is 39.9. The zero-order valence-corrected chi connectivity index (χ0v) is 24.8. The Morgan fingerprint density at radius 3 is 1.29 bits per heavy atom. The van der Waals surface area contributed by atoms with Gasteiger partial charge in [-0.1, -0.05) is 138 Å². The molecule has 0 aromatic heterocycles. The van der Waals surface area contributed by atoms with Crippen LogP contribution in [0.3, 0.4) is 0 Å². The number of ketones is 1. The van der Waals surface area contributed by atoms with Gasteiger partial charge in [-0.25, -0.2) is 0 Å². The van der Waals surface area contributed by atoms with Crippen molar-refractivity contribution in [3.8, 4) is 44.5 Å². The van der Waals surface area contributed by atoms with Crippen molar-refractivity contribution < 1.29 is 4.79 Å². The van der Waals surface area contributed by atoms with Gasteiger partial charge >= 0.3 is 0 Å². The van der Waals surface area contributed by atoms with E-state index in [9.17, 15) is 4.79 Å². The summed E-state index contributed by atoms with van der Waals surface area (Å²) in [5.41, 5.74) is 9.39. The van der Waals surface area contributed by atoms with Gasteiger partial charge in [0.15, 0.2) is 5.78 Å². The Morgan fingerprint density at radius 2 is 0.868 bits per heavy atom. The number of benzene rings is 5. The predicted molar refractivity (Wildman–Crippen MR) is 167 cm³/mol. The van der Waals surface area contributed by atoms with Crippen LogP contribution in [0.2, 0.25) is 0 Å². The first-order valence-corrected chi connectivity index (χ1v) is 14.2. The Bertz CT molecular complexity index is 1560. The van der Waals surface area contributed by atoms with Gasteiger partial charge in [0.05, 0.1) is 0 Å². The summed E-state index contributed by atoms with van der Waals surface area (Å²) in [5, 5.41) is 0. The highest BCUT2D eigenvalue weighted by Crippen LogP contribution is 2.40. The molecule has 0 spiro atoms. The quantitative estimate of drug-likeness (QED) is 0.178. The van der Waals surface area contributed by atoms with Crippen LogP contribution in [0.5, 0.6) is 0 Å². The lowest BCUT2D eigenvalue weighted by atomic mass is 9.85. The summed E-state index contributed by atoms with van der Waals surface area (Å²) in [6.07, 6.45) is 0. The van der Waals surface area contributed by atoms with Gasteiger partial charge < -0.3 is 0 Å². The molecule has 1 nitrogen and oxygen atoms in total. The summed E-state index contributed by atoms with van der Waals surface area (Å²) in [5.74, 6) is 0.150. The molecule has 0 N–H and O–H groups in total. The van der Waals surface area contributed by atoms with E-state index in [-0.39, 0.29) is 5.78 Å². The number of Topliss-reactive ketones (excluding diaryl/α,β-unsaturated/α-hetero) is 1. The molecule has 0 aliphatic carbocycles. The molecule has 38 heavy (non-hydrogen) atoms. The molecule has 0 amide bonds. The van der Waals surface area contributed by atoms with Crippen LogP contribution in [0, 0.1) is 5.41 Å². The minimum Gasteiger partial charge on any atom is -0.294 e. The van der Waals surface area contributed by atoms with E-state index in [1.54, 1.807) is 0 Å². The molecule has 0 unspecified atom stereocenters. The average molecular weight is 624 g/mol. The fourth-order valence-corrected chi connectivity index (χ4v) is 5.73. The second-order valence-corrected chi connectivity index (χ2v) is 12.2. The number of rotatable bonds is 5. The molecule has 0 aliphatic heterocycles. The van der Waals surface area contributed by atoms with Gasteiger partial charge in [0.1, 0.15) is 0 Å². The number of carbonyl (C=O) groups is 1. The summed E-state index contributed by atoms with van der Waals surface area (Å²) in [7, 11) is 0. The first kappa shape index (κ1) is 26.3. The molecule has 188 valence electrons. The van der Waals surface area contributed by atoms with Crippen molar-refractivity contribution in [2.75, 3.05) is 0 Å². The van der Waals surface area contributed by atoms with Crippen LogP contribution in [0.15, 0.2) is 124 Å². The van der Waals surface area contributed by atoms with E-state index in [2.05, 4.69) is 123 Å². The highest BCUT2D eigenvalue weighted by molar-refractivity contribution is 9.11. The normalized spacial score (nSPS) is 11.4. The topological polar surface area (TPSA) is 17.1 Å². The molecule has 5 aromatic rings. The summed E-state index contributed by atoms with van der Waals surface area (Å²) >= 11 is 7.51. The Labute approximate surface area is 241 Å². The van der Waals surface area contributed by atoms with Gasteiger partial charge in [-0.3, -0.25) is 4.79 Å². The van der Waals surface area contributed by atoms with Crippen LogP contribution in [0.25, 0.3) is 44.5 Å². The number of hydrogen-bond acceptors (Lipinski definition) is 1. The van der Waals surface area contributed by atoms with E-state index < -0.39 is 5.41 Å². The molecule has 3 heteroatoms. The minimum atomic E-state index is -0.409. The maximum atomic E-state index is 12.8. The number of carbonyl (C=O) groups excluding carboxylic acids is 1. The van der Waals surface area contributed by atoms with E-state index in [0.29, 0.717) is 0 Å². The third kappa shape index (κ3) is 5.45. The van der Waals surface area contributed by atoms with Crippen LogP contribution >= 0.6 is 31.9 Å². The lowest BCUT2D eigenvalue weighted by Crippen LogP contribution is -2.19. The summed E-state index contributed by atoms with van der Waals surface area (Å²) < 4.78 is 2.12. The van der Waals surface area contributed by atoms with E-state index in [0.717, 1.165) is 59.0 Å². The number of halogens is 2.